The number of nitrogens with zero attached hydrogens (tertiary/aromatic N) is 1. The third kappa shape index (κ3) is 2.79. The van der Waals surface area contributed by atoms with Crippen LogP contribution in [0.15, 0.2) is 36.5 Å². The third-order valence-electron chi connectivity index (χ3n) is 3.61. The minimum atomic E-state index is -0.121. The molecule has 0 spiro atoms. The Labute approximate surface area is 125 Å². The maximum Gasteiger partial charge on any atom is 0.237 e. The number of para-hydroxylation sites is 1. The highest BCUT2D eigenvalue weighted by Gasteiger charge is 2.31. The summed E-state index contributed by atoms with van der Waals surface area (Å²) < 4.78 is 11.3. The zero-order valence-corrected chi connectivity index (χ0v) is 12.6. The Bertz CT molecular complexity index is 653. The number of ether oxygens (including phenoxy) is 2. The van der Waals surface area contributed by atoms with Crippen molar-refractivity contribution in [1.29, 1.82) is 0 Å². The van der Waals surface area contributed by atoms with E-state index in [-0.39, 0.29) is 5.60 Å². The number of benzene rings is 1. The number of nitrogens with one attached hydrogen (secondary N) is 1. The van der Waals surface area contributed by atoms with Crippen molar-refractivity contribution in [3.63, 3.8) is 0 Å². The van der Waals surface area contributed by atoms with Gasteiger partial charge in [-0.3, -0.25) is 0 Å². The molecular weight excluding hydrogens is 264 g/mol. The molecule has 4 heteroatoms. The molecule has 0 fully saturated rings. The monoisotopic (exact) mass is 284 g/mol. The van der Waals surface area contributed by atoms with Gasteiger partial charge in [0.1, 0.15) is 11.4 Å². The Kier molecular flexibility index (Phi) is 3.45. The fourth-order valence-electron chi connectivity index (χ4n) is 2.70. The summed E-state index contributed by atoms with van der Waals surface area (Å²) in [6.45, 7) is 4.92. The molecule has 0 atom stereocenters. The molecule has 0 bridgehead atoms. The van der Waals surface area contributed by atoms with E-state index in [1.54, 1.807) is 13.3 Å². The molecule has 1 aliphatic rings. The zero-order valence-electron chi connectivity index (χ0n) is 12.6. The molecule has 4 nitrogen and oxygen atoms in total. The second kappa shape index (κ2) is 5.28. The predicted octanol–water partition coefficient (Wildman–Crippen LogP) is 3.42. The van der Waals surface area contributed by atoms with E-state index in [4.69, 9.17) is 9.47 Å². The average molecular weight is 284 g/mol. The second-order valence-electron chi connectivity index (χ2n) is 5.86. The van der Waals surface area contributed by atoms with E-state index < -0.39 is 0 Å². The second-order valence-corrected chi connectivity index (χ2v) is 5.86. The summed E-state index contributed by atoms with van der Waals surface area (Å²) in [5, 5.41) is 3.37. The van der Waals surface area contributed by atoms with Crippen LogP contribution < -0.4 is 14.8 Å². The minimum absolute atomic E-state index is 0.121. The highest BCUT2D eigenvalue weighted by Crippen LogP contribution is 2.38. The fourth-order valence-corrected chi connectivity index (χ4v) is 2.70. The number of anilines is 1. The van der Waals surface area contributed by atoms with Crippen LogP contribution in [0.2, 0.25) is 0 Å². The van der Waals surface area contributed by atoms with Gasteiger partial charge in [-0.25, -0.2) is 4.98 Å². The summed E-state index contributed by atoms with van der Waals surface area (Å²) in [4.78, 5) is 4.19. The Hall–Kier alpha value is -2.23. The standard InChI is InChI=1S/C17H20N2O2/c1-17(2)10-12-6-4-7-13(15(12)21-17)11-19-14-8-5-9-18-16(14)20-3/h4-9,19H,10-11H2,1-3H3. The van der Waals surface area contributed by atoms with Gasteiger partial charge < -0.3 is 14.8 Å². The lowest BCUT2D eigenvalue weighted by molar-refractivity contribution is 0.137. The molecule has 0 unspecified atom stereocenters. The molecule has 110 valence electrons. The van der Waals surface area contributed by atoms with E-state index in [0.29, 0.717) is 12.4 Å². The number of rotatable bonds is 4. The van der Waals surface area contributed by atoms with Crippen LogP contribution in [0.5, 0.6) is 11.6 Å². The van der Waals surface area contributed by atoms with Gasteiger partial charge in [-0.05, 0) is 31.5 Å². The van der Waals surface area contributed by atoms with E-state index in [0.717, 1.165) is 23.4 Å². The van der Waals surface area contributed by atoms with Crippen molar-refractivity contribution in [2.75, 3.05) is 12.4 Å². The first kappa shape index (κ1) is 13.7. The highest BCUT2D eigenvalue weighted by atomic mass is 16.5. The lowest BCUT2D eigenvalue weighted by Gasteiger charge is -2.18. The summed E-state index contributed by atoms with van der Waals surface area (Å²) in [6.07, 6.45) is 2.67. The Balaban J connectivity index is 1.80. The van der Waals surface area contributed by atoms with Crippen molar-refractivity contribution < 1.29 is 9.47 Å². The number of pyridine rings is 1. The van der Waals surface area contributed by atoms with Crippen LogP contribution in [0.3, 0.4) is 0 Å². The molecule has 1 aromatic carbocycles. The molecule has 2 heterocycles. The Morgan fingerprint density at radius 2 is 2.14 bits per heavy atom. The molecule has 0 saturated carbocycles. The fraction of sp³-hybridized carbons (Fsp3) is 0.353. The molecule has 1 aromatic heterocycles. The maximum atomic E-state index is 6.08. The average Bonchev–Trinajstić information content (AvgIpc) is 2.79. The van der Waals surface area contributed by atoms with Gasteiger partial charge in [0.15, 0.2) is 0 Å². The van der Waals surface area contributed by atoms with E-state index in [1.807, 2.05) is 12.1 Å². The molecular formula is C17H20N2O2. The van der Waals surface area contributed by atoms with Crippen molar-refractivity contribution in [2.45, 2.75) is 32.4 Å². The number of hydrogen-bond donors (Lipinski definition) is 1. The van der Waals surface area contributed by atoms with Crippen LogP contribution in [0.4, 0.5) is 5.69 Å². The third-order valence-corrected chi connectivity index (χ3v) is 3.61. The van der Waals surface area contributed by atoms with Crippen LogP contribution >= 0.6 is 0 Å². The van der Waals surface area contributed by atoms with Gasteiger partial charge in [-0.1, -0.05) is 18.2 Å². The Morgan fingerprint density at radius 1 is 1.29 bits per heavy atom. The quantitative estimate of drug-likeness (QED) is 0.934. The first-order valence-corrected chi connectivity index (χ1v) is 7.12. The molecule has 1 N–H and O–H groups in total. The van der Waals surface area contributed by atoms with Crippen molar-refractivity contribution in [3.8, 4) is 11.6 Å². The van der Waals surface area contributed by atoms with Gasteiger partial charge in [-0.15, -0.1) is 0 Å². The summed E-state index contributed by atoms with van der Waals surface area (Å²) in [5.41, 5.74) is 3.20. The minimum Gasteiger partial charge on any atom is -0.487 e. The molecule has 3 rings (SSSR count). The van der Waals surface area contributed by atoms with Gasteiger partial charge in [0.05, 0.1) is 12.8 Å². The molecule has 21 heavy (non-hydrogen) atoms. The van der Waals surface area contributed by atoms with Gasteiger partial charge in [0.25, 0.3) is 0 Å². The predicted molar refractivity (Wildman–Crippen MR) is 83.0 cm³/mol. The molecule has 0 saturated heterocycles. The molecule has 0 aliphatic carbocycles. The van der Waals surface area contributed by atoms with Crippen LogP contribution in [0.1, 0.15) is 25.0 Å². The number of hydrogen-bond acceptors (Lipinski definition) is 4. The van der Waals surface area contributed by atoms with Crippen molar-refractivity contribution in [3.05, 3.63) is 47.7 Å². The topological polar surface area (TPSA) is 43.4 Å². The van der Waals surface area contributed by atoms with E-state index >= 15 is 0 Å². The van der Waals surface area contributed by atoms with E-state index in [2.05, 4.69) is 42.3 Å². The van der Waals surface area contributed by atoms with Gasteiger partial charge >= 0.3 is 0 Å². The van der Waals surface area contributed by atoms with E-state index in [9.17, 15) is 0 Å². The first-order valence-electron chi connectivity index (χ1n) is 7.12. The van der Waals surface area contributed by atoms with Crippen molar-refractivity contribution in [1.82, 2.24) is 4.98 Å². The summed E-state index contributed by atoms with van der Waals surface area (Å²) in [7, 11) is 1.62. The Morgan fingerprint density at radius 3 is 2.95 bits per heavy atom. The lowest BCUT2D eigenvalue weighted by Crippen LogP contribution is -2.25. The number of methoxy groups -OCH3 is 1. The smallest absolute Gasteiger partial charge is 0.237 e. The maximum absolute atomic E-state index is 6.08. The summed E-state index contributed by atoms with van der Waals surface area (Å²) in [5.74, 6) is 1.61. The van der Waals surface area contributed by atoms with Gasteiger partial charge in [0, 0.05) is 24.7 Å². The first-order chi connectivity index (χ1) is 10.1. The van der Waals surface area contributed by atoms with Crippen molar-refractivity contribution in [2.24, 2.45) is 0 Å². The lowest BCUT2D eigenvalue weighted by atomic mass is 10.0. The molecule has 1 aliphatic heterocycles. The zero-order chi connectivity index (χ0) is 14.9. The molecule has 0 amide bonds. The van der Waals surface area contributed by atoms with Crippen LogP contribution in [-0.4, -0.2) is 17.7 Å². The van der Waals surface area contributed by atoms with Crippen LogP contribution in [0.25, 0.3) is 0 Å². The normalized spacial score (nSPS) is 15.2. The van der Waals surface area contributed by atoms with Crippen LogP contribution in [0, 0.1) is 0 Å². The molecule has 0 radical (unpaired) electrons. The highest BCUT2D eigenvalue weighted by molar-refractivity contribution is 5.54. The number of fused-ring (bicyclic) bond motifs is 1. The largest absolute Gasteiger partial charge is 0.487 e. The van der Waals surface area contributed by atoms with Crippen molar-refractivity contribution >= 4 is 5.69 Å². The summed E-state index contributed by atoms with van der Waals surface area (Å²) >= 11 is 0. The van der Waals surface area contributed by atoms with Crippen LogP contribution in [-0.2, 0) is 13.0 Å². The summed E-state index contributed by atoms with van der Waals surface area (Å²) in [6, 6.07) is 10.2. The van der Waals surface area contributed by atoms with Gasteiger partial charge in [-0.2, -0.15) is 0 Å². The molecule has 2 aromatic rings. The van der Waals surface area contributed by atoms with Gasteiger partial charge in [0.2, 0.25) is 5.88 Å². The van der Waals surface area contributed by atoms with E-state index in [1.165, 1.54) is 5.56 Å². The SMILES string of the molecule is COc1ncccc1NCc1cccc2c1OC(C)(C)C2. The number of aromatic nitrogens is 1.